The van der Waals surface area contributed by atoms with Crippen LogP contribution < -0.4 is 16.0 Å². The maximum absolute atomic E-state index is 11.7. The van der Waals surface area contributed by atoms with Crippen molar-refractivity contribution in [2.24, 2.45) is 5.92 Å². The summed E-state index contributed by atoms with van der Waals surface area (Å²) in [4.78, 5) is 14.2. The number of amides is 1. The molecular formula is C17H25N3O. The maximum atomic E-state index is 11.7. The van der Waals surface area contributed by atoms with E-state index in [0.717, 1.165) is 23.8 Å². The lowest BCUT2D eigenvalue weighted by molar-refractivity contribution is 0.0963. The zero-order valence-corrected chi connectivity index (χ0v) is 12.8. The molecule has 114 valence electrons. The molecule has 1 heterocycles. The standard InChI is InChI=1S/C17H25N3O/c1-19-17(21)13-8-9-16(14(18)11-13)20-10-4-7-15(20)12-5-2-3-6-12/h8-9,11-12,15H,2-7,10,18H2,1H3,(H,19,21). The molecule has 1 aliphatic heterocycles. The fraction of sp³-hybridized carbons (Fsp3) is 0.588. The molecule has 0 bridgehead atoms. The summed E-state index contributed by atoms with van der Waals surface area (Å²) >= 11 is 0. The summed E-state index contributed by atoms with van der Waals surface area (Å²) in [7, 11) is 1.64. The molecule has 21 heavy (non-hydrogen) atoms. The molecule has 1 saturated carbocycles. The lowest BCUT2D eigenvalue weighted by atomic mass is 9.95. The van der Waals surface area contributed by atoms with Crippen LogP contribution in [0.4, 0.5) is 11.4 Å². The monoisotopic (exact) mass is 287 g/mol. The number of rotatable bonds is 3. The fourth-order valence-electron chi connectivity index (χ4n) is 4.03. The van der Waals surface area contributed by atoms with Gasteiger partial charge in [-0.05, 0) is 49.8 Å². The largest absolute Gasteiger partial charge is 0.397 e. The van der Waals surface area contributed by atoms with E-state index in [2.05, 4.69) is 10.2 Å². The van der Waals surface area contributed by atoms with E-state index in [1.54, 1.807) is 13.1 Å². The zero-order valence-electron chi connectivity index (χ0n) is 12.8. The normalized spacial score (nSPS) is 22.7. The molecule has 3 N–H and O–H groups in total. The lowest BCUT2D eigenvalue weighted by Crippen LogP contribution is -2.35. The first-order valence-electron chi connectivity index (χ1n) is 8.09. The van der Waals surface area contributed by atoms with Crippen molar-refractivity contribution in [3.8, 4) is 0 Å². The van der Waals surface area contributed by atoms with Crippen molar-refractivity contribution in [3.63, 3.8) is 0 Å². The third-order valence-corrected chi connectivity index (χ3v) is 5.07. The first kappa shape index (κ1) is 14.2. The van der Waals surface area contributed by atoms with E-state index in [-0.39, 0.29) is 5.91 Å². The summed E-state index contributed by atoms with van der Waals surface area (Å²) in [5, 5.41) is 2.64. The SMILES string of the molecule is CNC(=O)c1ccc(N2CCCC2C2CCCC2)c(N)c1. The molecule has 1 aromatic carbocycles. The molecule has 2 aliphatic rings. The van der Waals surface area contributed by atoms with Crippen LogP contribution in [-0.4, -0.2) is 25.5 Å². The van der Waals surface area contributed by atoms with Crippen LogP contribution >= 0.6 is 0 Å². The average Bonchev–Trinajstić information content (AvgIpc) is 3.16. The molecule has 0 spiro atoms. The minimum Gasteiger partial charge on any atom is -0.397 e. The molecule has 2 fully saturated rings. The molecule has 1 atom stereocenters. The molecule has 4 nitrogen and oxygen atoms in total. The van der Waals surface area contributed by atoms with Crippen LogP contribution in [0.5, 0.6) is 0 Å². The zero-order chi connectivity index (χ0) is 14.8. The smallest absolute Gasteiger partial charge is 0.251 e. The minimum atomic E-state index is -0.0815. The van der Waals surface area contributed by atoms with E-state index >= 15 is 0 Å². The number of nitrogens with two attached hydrogens (primary N) is 1. The van der Waals surface area contributed by atoms with Crippen LogP contribution in [0.3, 0.4) is 0 Å². The highest BCUT2D eigenvalue weighted by Gasteiger charge is 2.34. The average molecular weight is 287 g/mol. The van der Waals surface area contributed by atoms with Crippen LogP contribution in [0.15, 0.2) is 18.2 Å². The molecule has 1 unspecified atom stereocenters. The van der Waals surface area contributed by atoms with Gasteiger partial charge in [0.25, 0.3) is 5.91 Å². The fourth-order valence-corrected chi connectivity index (χ4v) is 4.03. The Labute approximate surface area is 126 Å². The first-order valence-corrected chi connectivity index (χ1v) is 8.09. The van der Waals surface area contributed by atoms with E-state index in [0.29, 0.717) is 11.6 Å². The summed E-state index contributed by atoms with van der Waals surface area (Å²) in [6.45, 7) is 1.09. The van der Waals surface area contributed by atoms with Gasteiger partial charge in [-0.25, -0.2) is 0 Å². The van der Waals surface area contributed by atoms with Gasteiger partial charge >= 0.3 is 0 Å². The predicted molar refractivity (Wildman–Crippen MR) is 86.6 cm³/mol. The van der Waals surface area contributed by atoms with Gasteiger partial charge in [0, 0.05) is 25.2 Å². The number of nitrogens with zero attached hydrogens (tertiary/aromatic N) is 1. The van der Waals surface area contributed by atoms with Crippen molar-refractivity contribution in [2.45, 2.75) is 44.6 Å². The predicted octanol–water partition coefficient (Wildman–Crippen LogP) is 2.79. The van der Waals surface area contributed by atoms with Crippen LogP contribution in [0.25, 0.3) is 0 Å². The topological polar surface area (TPSA) is 58.4 Å². The third kappa shape index (κ3) is 2.71. The second-order valence-electron chi connectivity index (χ2n) is 6.30. The highest BCUT2D eigenvalue weighted by atomic mass is 16.1. The molecule has 1 aliphatic carbocycles. The second kappa shape index (κ2) is 5.96. The molecule has 1 saturated heterocycles. The Bertz CT molecular complexity index is 523. The van der Waals surface area contributed by atoms with Crippen molar-refractivity contribution in [1.82, 2.24) is 5.32 Å². The minimum absolute atomic E-state index is 0.0815. The molecule has 3 rings (SSSR count). The Hall–Kier alpha value is -1.71. The number of nitrogens with one attached hydrogen (secondary N) is 1. The number of carbonyl (C=O) groups is 1. The number of carbonyl (C=O) groups excluding carboxylic acids is 1. The molecule has 0 aromatic heterocycles. The van der Waals surface area contributed by atoms with Crippen LogP contribution in [-0.2, 0) is 0 Å². The third-order valence-electron chi connectivity index (χ3n) is 5.07. The summed E-state index contributed by atoms with van der Waals surface area (Å²) in [6.07, 6.45) is 7.99. The van der Waals surface area contributed by atoms with Gasteiger partial charge in [-0.15, -0.1) is 0 Å². The Kier molecular flexibility index (Phi) is 4.04. The molecule has 0 radical (unpaired) electrons. The number of nitrogen functional groups attached to an aromatic ring is 1. The summed E-state index contributed by atoms with van der Waals surface area (Å²) in [5.41, 5.74) is 8.70. The van der Waals surface area contributed by atoms with E-state index in [9.17, 15) is 4.79 Å². The van der Waals surface area contributed by atoms with Gasteiger partial charge in [0.05, 0.1) is 11.4 Å². The number of hydrogen-bond donors (Lipinski definition) is 2. The van der Waals surface area contributed by atoms with Crippen molar-refractivity contribution in [3.05, 3.63) is 23.8 Å². The van der Waals surface area contributed by atoms with Gasteiger partial charge in [0.1, 0.15) is 0 Å². The molecule has 1 amide bonds. The Morgan fingerprint density at radius 1 is 1.24 bits per heavy atom. The first-order chi connectivity index (χ1) is 10.2. The Morgan fingerprint density at radius 2 is 2.00 bits per heavy atom. The van der Waals surface area contributed by atoms with Crippen molar-refractivity contribution in [2.75, 3.05) is 24.2 Å². The summed E-state index contributed by atoms with van der Waals surface area (Å²) < 4.78 is 0. The van der Waals surface area contributed by atoms with Gasteiger partial charge in [0.2, 0.25) is 0 Å². The van der Waals surface area contributed by atoms with Gasteiger partial charge < -0.3 is 16.0 Å². The number of anilines is 2. The summed E-state index contributed by atoms with van der Waals surface area (Å²) in [5.74, 6) is 0.743. The van der Waals surface area contributed by atoms with E-state index in [1.807, 2.05) is 12.1 Å². The maximum Gasteiger partial charge on any atom is 0.251 e. The Balaban J connectivity index is 1.83. The second-order valence-corrected chi connectivity index (χ2v) is 6.30. The highest BCUT2D eigenvalue weighted by molar-refractivity contribution is 5.96. The summed E-state index contributed by atoms with van der Waals surface area (Å²) in [6, 6.07) is 6.35. The number of hydrogen-bond acceptors (Lipinski definition) is 3. The van der Waals surface area contributed by atoms with E-state index in [4.69, 9.17) is 5.73 Å². The van der Waals surface area contributed by atoms with Crippen molar-refractivity contribution in [1.29, 1.82) is 0 Å². The van der Waals surface area contributed by atoms with Gasteiger partial charge in [-0.1, -0.05) is 12.8 Å². The molecule has 1 aromatic rings. The molecular weight excluding hydrogens is 262 g/mol. The van der Waals surface area contributed by atoms with Gasteiger partial charge in [0.15, 0.2) is 0 Å². The van der Waals surface area contributed by atoms with Gasteiger partial charge in [-0.3, -0.25) is 4.79 Å². The number of benzene rings is 1. The van der Waals surface area contributed by atoms with E-state index in [1.165, 1.54) is 38.5 Å². The quantitative estimate of drug-likeness (QED) is 0.840. The lowest BCUT2D eigenvalue weighted by Gasteiger charge is -2.32. The molecule has 4 heteroatoms. The Morgan fingerprint density at radius 3 is 2.67 bits per heavy atom. The highest BCUT2D eigenvalue weighted by Crippen LogP contribution is 2.39. The van der Waals surface area contributed by atoms with Crippen LogP contribution in [0, 0.1) is 5.92 Å². The van der Waals surface area contributed by atoms with Crippen molar-refractivity contribution >= 4 is 17.3 Å². The van der Waals surface area contributed by atoms with Crippen molar-refractivity contribution < 1.29 is 4.79 Å². The van der Waals surface area contributed by atoms with Crippen LogP contribution in [0.2, 0.25) is 0 Å². The van der Waals surface area contributed by atoms with E-state index < -0.39 is 0 Å². The van der Waals surface area contributed by atoms with Gasteiger partial charge in [-0.2, -0.15) is 0 Å². The van der Waals surface area contributed by atoms with Crippen LogP contribution in [0.1, 0.15) is 48.9 Å².